The van der Waals surface area contributed by atoms with Gasteiger partial charge in [0.25, 0.3) is 0 Å². The van der Waals surface area contributed by atoms with Crippen LogP contribution in [0.2, 0.25) is 0 Å². The van der Waals surface area contributed by atoms with Gasteiger partial charge in [0.1, 0.15) is 5.75 Å². The summed E-state index contributed by atoms with van der Waals surface area (Å²) in [6, 6.07) is 10.4. The van der Waals surface area contributed by atoms with E-state index in [9.17, 15) is 25.2 Å². The fourth-order valence-electron chi connectivity index (χ4n) is 2.15. The van der Waals surface area contributed by atoms with Crippen molar-refractivity contribution in [1.29, 1.82) is 0 Å². The Bertz CT molecular complexity index is 686. The number of hydrogen-bond donors (Lipinski definition) is 5. The Labute approximate surface area is 133 Å². The standard InChI is InChI=1S/C17H19NO5/c19-13-4-2-1-3-12(13)14(20)7-8-18-10-17(23)11-5-6-15(21)16(22)9-11/h1-6,9,17-19,21-23H,7-8,10H2. The highest BCUT2D eigenvalue weighted by molar-refractivity contribution is 5.98. The number of carbonyl (C=O) groups excluding carboxylic acids is 1. The lowest BCUT2D eigenvalue weighted by Crippen LogP contribution is -2.24. The molecule has 0 spiro atoms. The molecule has 0 amide bonds. The van der Waals surface area contributed by atoms with Gasteiger partial charge >= 0.3 is 0 Å². The minimum Gasteiger partial charge on any atom is -0.507 e. The normalized spacial score (nSPS) is 12.0. The van der Waals surface area contributed by atoms with Gasteiger partial charge in [0.15, 0.2) is 17.3 Å². The molecule has 23 heavy (non-hydrogen) atoms. The van der Waals surface area contributed by atoms with Crippen LogP contribution in [0, 0.1) is 0 Å². The molecule has 0 heterocycles. The molecule has 0 bridgehead atoms. The molecule has 1 unspecified atom stereocenters. The van der Waals surface area contributed by atoms with Crippen molar-refractivity contribution in [1.82, 2.24) is 5.32 Å². The third kappa shape index (κ3) is 4.45. The van der Waals surface area contributed by atoms with Gasteiger partial charge in [-0.15, -0.1) is 0 Å². The van der Waals surface area contributed by atoms with Crippen LogP contribution in [-0.2, 0) is 0 Å². The molecule has 0 aliphatic carbocycles. The first kappa shape index (κ1) is 16.8. The fourth-order valence-corrected chi connectivity index (χ4v) is 2.15. The molecule has 0 saturated carbocycles. The highest BCUT2D eigenvalue weighted by Gasteiger charge is 2.12. The van der Waals surface area contributed by atoms with E-state index in [1.807, 2.05) is 0 Å². The highest BCUT2D eigenvalue weighted by atomic mass is 16.3. The molecule has 2 aromatic rings. The van der Waals surface area contributed by atoms with Crippen molar-refractivity contribution in [2.45, 2.75) is 12.5 Å². The molecule has 0 aliphatic rings. The van der Waals surface area contributed by atoms with Gasteiger partial charge < -0.3 is 25.7 Å². The molecule has 5 N–H and O–H groups in total. The lowest BCUT2D eigenvalue weighted by Gasteiger charge is -2.13. The minimum atomic E-state index is -0.873. The third-order valence-electron chi connectivity index (χ3n) is 3.46. The number of benzene rings is 2. The van der Waals surface area contributed by atoms with E-state index >= 15 is 0 Å². The van der Waals surface area contributed by atoms with Crippen molar-refractivity contribution >= 4 is 5.78 Å². The number of ketones is 1. The number of aliphatic hydroxyl groups is 1. The van der Waals surface area contributed by atoms with Crippen molar-refractivity contribution in [2.75, 3.05) is 13.1 Å². The van der Waals surface area contributed by atoms with Crippen LogP contribution in [0.5, 0.6) is 17.2 Å². The molecular formula is C17H19NO5. The first-order valence-electron chi connectivity index (χ1n) is 7.21. The lowest BCUT2D eigenvalue weighted by molar-refractivity contribution is 0.0977. The van der Waals surface area contributed by atoms with Crippen LogP contribution >= 0.6 is 0 Å². The number of rotatable bonds is 7. The smallest absolute Gasteiger partial charge is 0.167 e. The van der Waals surface area contributed by atoms with Gasteiger partial charge in [0.2, 0.25) is 0 Å². The Hall–Kier alpha value is -2.57. The lowest BCUT2D eigenvalue weighted by atomic mass is 10.1. The number of carbonyl (C=O) groups is 1. The number of aromatic hydroxyl groups is 3. The highest BCUT2D eigenvalue weighted by Crippen LogP contribution is 2.27. The summed E-state index contributed by atoms with van der Waals surface area (Å²) in [5.74, 6) is -0.775. The average molecular weight is 317 g/mol. The third-order valence-corrected chi connectivity index (χ3v) is 3.46. The number of phenolic OH excluding ortho intramolecular Hbond substituents is 3. The first-order chi connectivity index (χ1) is 11.0. The Balaban J connectivity index is 1.80. The first-order valence-corrected chi connectivity index (χ1v) is 7.21. The maximum Gasteiger partial charge on any atom is 0.167 e. The molecule has 1 atom stereocenters. The maximum atomic E-state index is 11.9. The van der Waals surface area contributed by atoms with E-state index in [2.05, 4.69) is 5.32 Å². The molecular weight excluding hydrogens is 298 g/mol. The molecule has 0 aromatic heterocycles. The number of phenols is 3. The van der Waals surface area contributed by atoms with Crippen LogP contribution in [0.25, 0.3) is 0 Å². The van der Waals surface area contributed by atoms with Crippen LogP contribution in [0.3, 0.4) is 0 Å². The molecule has 0 aliphatic heterocycles. The zero-order valence-corrected chi connectivity index (χ0v) is 12.4. The van der Waals surface area contributed by atoms with E-state index in [1.54, 1.807) is 18.2 Å². The molecule has 0 radical (unpaired) electrons. The van der Waals surface area contributed by atoms with Gasteiger partial charge in [0.05, 0.1) is 11.7 Å². The van der Waals surface area contributed by atoms with Gasteiger partial charge in [-0.3, -0.25) is 4.79 Å². The van der Waals surface area contributed by atoms with Crippen LogP contribution in [0.1, 0.15) is 28.4 Å². The number of nitrogens with one attached hydrogen (secondary N) is 1. The largest absolute Gasteiger partial charge is 0.507 e. The molecule has 2 aromatic carbocycles. The molecule has 2 rings (SSSR count). The molecule has 6 nitrogen and oxygen atoms in total. The van der Waals surface area contributed by atoms with Gasteiger partial charge in [-0.2, -0.15) is 0 Å². The van der Waals surface area contributed by atoms with Crippen LogP contribution in [0.15, 0.2) is 42.5 Å². The van der Waals surface area contributed by atoms with Gasteiger partial charge in [-0.05, 0) is 29.8 Å². The van der Waals surface area contributed by atoms with E-state index in [4.69, 9.17) is 0 Å². The van der Waals surface area contributed by atoms with Crippen LogP contribution in [-0.4, -0.2) is 39.3 Å². The summed E-state index contributed by atoms with van der Waals surface area (Å²) in [7, 11) is 0. The molecule has 6 heteroatoms. The summed E-state index contributed by atoms with van der Waals surface area (Å²) >= 11 is 0. The number of hydrogen-bond acceptors (Lipinski definition) is 6. The average Bonchev–Trinajstić information content (AvgIpc) is 2.54. The van der Waals surface area contributed by atoms with E-state index in [1.165, 1.54) is 24.3 Å². The second kappa shape index (κ2) is 7.62. The molecule has 122 valence electrons. The van der Waals surface area contributed by atoms with Crippen molar-refractivity contribution < 1.29 is 25.2 Å². The van der Waals surface area contributed by atoms with Gasteiger partial charge in [0, 0.05) is 19.5 Å². The Kier molecular flexibility index (Phi) is 5.56. The Morgan fingerprint density at radius 2 is 1.74 bits per heavy atom. The maximum absolute atomic E-state index is 11.9. The topological polar surface area (TPSA) is 110 Å². The van der Waals surface area contributed by atoms with E-state index < -0.39 is 6.10 Å². The van der Waals surface area contributed by atoms with Gasteiger partial charge in [-0.25, -0.2) is 0 Å². The number of aliphatic hydroxyl groups excluding tert-OH is 1. The molecule has 0 saturated heterocycles. The minimum absolute atomic E-state index is 0.0443. The SMILES string of the molecule is O=C(CCNCC(O)c1ccc(O)c(O)c1)c1ccccc1O. The predicted molar refractivity (Wildman–Crippen MR) is 84.7 cm³/mol. The predicted octanol–water partition coefficient (Wildman–Crippen LogP) is 1.70. The quantitative estimate of drug-likeness (QED) is 0.302. The van der Waals surface area contributed by atoms with Crippen LogP contribution < -0.4 is 5.32 Å². The summed E-state index contributed by atoms with van der Waals surface area (Å²) in [5.41, 5.74) is 0.734. The van der Waals surface area contributed by atoms with Crippen LogP contribution in [0.4, 0.5) is 0 Å². The van der Waals surface area contributed by atoms with Crippen molar-refractivity contribution in [3.63, 3.8) is 0 Å². The Morgan fingerprint density at radius 3 is 2.43 bits per heavy atom. The Morgan fingerprint density at radius 1 is 1.00 bits per heavy atom. The second-order valence-electron chi connectivity index (χ2n) is 5.16. The van der Waals surface area contributed by atoms with Crippen molar-refractivity contribution in [2.24, 2.45) is 0 Å². The van der Waals surface area contributed by atoms with Crippen molar-refractivity contribution in [3.8, 4) is 17.2 Å². The fraction of sp³-hybridized carbons (Fsp3) is 0.235. The molecule has 0 fully saturated rings. The monoisotopic (exact) mass is 317 g/mol. The van der Waals surface area contributed by atoms with Crippen molar-refractivity contribution in [3.05, 3.63) is 53.6 Å². The number of para-hydroxylation sites is 1. The summed E-state index contributed by atoms with van der Waals surface area (Å²) in [6.07, 6.45) is -0.688. The van der Waals surface area contributed by atoms with E-state index in [0.717, 1.165) is 0 Å². The van der Waals surface area contributed by atoms with E-state index in [-0.39, 0.29) is 41.6 Å². The summed E-state index contributed by atoms with van der Waals surface area (Å²) < 4.78 is 0. The zero-order valence-electron chi connectivity index (χ0n) is 12.4. The second-order valence-corrected chi connectivity index (χ2v) is 5.16. The summed E-state index contributed by atoms with van der Waals surface area (Å²) in [4.78, 5) is 11.9. The zero-order chi connectivity index (χ0) is 16.8. The van der Waals surface area contributed by atoms with Gasteiger partial charge in [-0.1, -0.05) is 18.2 Å². The number of Topliss-reactive ketones (excluding diaryl/α,β-unsaturated/α-hetero) is 1. The summed E-state index contributed by atoms with van der Waals surface area (Å²) in [5, 5.41) is 41.1. The van der Waals surface area contributed by atoms with E-state index in [0.29, 0.717) is 12.1 Å². The summed E-state index contributed by atoms with van der Waals surface area (Å²) in [6.45, 7) is 0.534.